The van der Waals surface area contributed by atoms with Crippen molar-refractivity contribution in [1.29, 1.82) is 0 Å². The highest BCUT2D eigenvalue weighted by Crippen LogP contribution is 2.68. The summed E-state index contributed by atoms with van der Waals surface area (Å²) in [5, 5.41) is 2.33. The van der Waals surface area contributed by atoms with Crippen LogP contribution in [-0.2, 0) is 10.4 Å². The molecule has 5 aliphatic rings. The number of methoxy groups -OCH3 is 1. The maximum Gasteiger partial charge on any atom is 0.119 e. The first-order chi connectivity index (χ1) is 14.5. The van der Waals surface area contributed by atoms with Crippen molar-refractivity contribution in [3.8, 4) is 5.75 Å². The Morgan fingerprint density at radius 3 is 2.47 bits per heavy atom. The molecule has 2 aromatic carbocycles. The van der Waals surface area contributed by atoms with Gasteiger partial charge in [-0.15, -0.1) is 0 Å². The quantitative estimate of drug-likeness (QED) is 0.702. The number of ether oxygens (including phenoxy) is 1. The highest BCUT2D eigenvalue weighted by molar-refractivity contribution is 5.51. The molecule has 0 amide bonds. The number of fused-ring (bicyclic) bond motifs is 2. The summed E-state index contributed by atoms with van der Waals surface area (Å²) >= 11 is 0. The van der Waals surface area contributed by atoms with E-state index < -0.39 is 0 Å². The SMILES string of the molecule is COc1ccc(N2CN3OC4(CCC5CC4C5(C)C)CC3(c3ccccc3)C2)cc1. The van der Waals surface area contributed by atoms with Gasteiger partial charge in [-0.1, -0.05) is 44.2 Å². The largest absolute Gasteiger partial charge is 0.497 e. The average Bonchev–Trinajstić information content (AvgIpc) is 3.26. The maximum absolute atomic E-state index is 7.02. The second-order valence-corrected chi connectivity index (χ2v) is 10.5. The van der Waals surface area contributed by atoms with Crippen molar-refractivity contribution < 1.29 is 9.57 Å². The zero-order chi connectivity index (χ0) is 20.6. The van der Waals surface area contributed by atoms with Crippen LogP contribution in [0, 0.1) is 17.3 Å². The summed E-state index contributed by atoms with van der Waals surface area (Å²) in [6.45, 7) is 6.71. The maximum atomic E-state index is 7.02. The number of hydrogen-bond acceptors (Lipinski definition) is 4. The second kappa shape index (κ2) is 6.24. The third kappa shape index (κ3) is 2.41. The molecule has 4 unspecified atom stereocenters. The van der Waals surface area contributed by atoms with Crippen LogP contribution < -0.4 is 9.64 Å². The first-order valence-corrected chi connectivity index (χ1v) is 11.4. The third-order valence-electron chi connectivity index (χ3n) is 8.88. The Morgan fingerprint density at radius 2 is 1.80 bits per heavy atom. The topological polar surface area (TPSA) is 24.9 Å². The number of hydrogen-bond donors (Lipinski definition) is 0. The van der Waals surface area contributed by atoms with Crippen molar-refractivity contribution in [2.45, 2.75) is 50.7 Å². The van der Waals surface area contributed by atoms with Crippen LogP contribution in [0.25, 0.3) is 0 Å². The minimum atomic E-state index is -0.0836. The Labute approximate surface area is 179 Å². The van der Waals surface area contributed by atoms with Gasteiger partial charge in [-0.2, -0.15) is 5.06 Å². The minimum absolute atomic E-state index is 0.0000888. The molecule has 2 saturated heterocycles. The molecule has 0 N–H and O–H groups in total. The lowest BCUT2D eigenvalue weighted by atomic mass is 9.43. The van der Waals surface area contributed by atoms with E-state index in [1.54, 1.807) is 7.11 Å². The molecule has 0 radical (unpaired) electrons. The van der Waals surface area contributed by atoms with Crippen LogP contribution in [-0.4, -0.2) is 31.0 Å². The van der Waals surface area contributed by atoms with Gasteiger partial charge in [-0.3, -0.25) is 4.84 Å². The first kappa shape index (κ1) is 18.7. The smallest absolute Gasteiger partial charge is 0.119 e. The molecule has 0 aromatic heterocycles. The molecule has 3 aliphatic carbocycles. The van der Waals surface area contributed by atoms with Crippen LogP contribution in [0.1, 0.15) is 45.1 Å². The number of hydroxylamine groups is 2. The summed E-state index contributed by atoms with van der Waals surface area (Å²) < 4.78 is 5.35. The van der Waals surface area contributed by atoms with E-state index in [1.165, 1.54) is 30.5 Å². The van der Waals surface area contributed by atoms with Crippen LogP contribution >= 0.6 is 0 Å². The Hall–Kier alpha value is -2.04. The highest BCUT2D eigenvalue weighted by atomic mass is 16.7. The van der Waals surface area contributed by atoms with Crippen molar-refractivity contribution in [2.75, 3.05) is 25.2 Å². The lowest BCUT2D eigenvalue weighted by molar-refractivity contribution is -0.285. The third-order valence-corrected chi connectivity index (χ3v) is 8.88. The van der Waals surface area contributed by atoms with Gasteiger partial charge < -0.3 is 9.64 Å². The van der Waals surface area contributed by atoms with Gasteiger partial charge in [0, 0.05) is 18.7 Å². The second-order valence-electron chi connectivity index (χ2n) is 10.5. The van der Waals surface area contributed by atoms with Gasteiger partial charge in [0.05, 0.1) is 24.9 Å². The van der Waals surface area contributed by atoms with E-state index in [9.17, 15) is 0 Å². The lowest BCUT2D eigenvalue weighted by Crippen LogP contribution is -2.62. The van der Waals surface area contributed by atoms with Crippen molar-refractivity contribution in [3.63, 3.8) is 0 Å². The van der Waals surface area contributed by atoms with Crippen LogP contribution in [0.4, 0.5) is 5.69 Å². The average molecular weight is 405 g/mol. The summed E-state index contributed by atoms with van der Waals surface area (Å²) in [6.07, 6.45) is 4.95. The Kier molecular flexibility index (Phi) is 3.89. The minimum Gasteiger partial charge on any atom is -0.497 e. The Bertz CT molecular complexity index is 941. The van der Waals surface area contributed by atoms with Gasteiger partial charge in [0.1, 0.15) is 5.75 Å². The standard InChI is InChI=1S/C26H32N2O2/c1-24(2)20-13-14-26(23(24)15-20)16-25(19-7-5-4-6-8-19)17-27(18-28(25)30-26)21-9-11-22(29-3)12-10-21/h4-12,20,23H,13-18H2,1-3H3. The Balaban J connectivity index is 1.36. The molecule has 158 valence electrons. The molecule has 2 bridgehead atoms. The molecule has 4 atom stereocenters. The van der Waals surface area contributed by atoms with Gasteiger partial charge in [-0.05, 0) is 66.3 Å². The van der Waals surface area contributed by atoms with Crippen molar-refractivity contribution >= 4 is 5.69 Å². The predicted molar refractivity (Wildman–Crippen MR) is 118 cm³/mol. The van der Waals surface area contributed by atoms with Gasteiger partial charge >= 0.3 is 0 Å². The molecule has 2 heterocycles. The molecule has 4 nitrogen and oxygen atoms in total. The Morgan fingerprint density at radius 1 is 1.03 bits per heavy atom. The van der Waals surface area contributed by atoms with E-state index in [-0.39, 0.29) is 11.1 Å². The van der Waals surface area contributed by atoms with Crippen LogP contribution in [0.15, 0.2) is 54.6 Å². The predicted octanol–water partition coefficient (Wildman–Crippen LogP) is 5.20. The van der Waals surface area contributed by atoms with E-state index in [4.69, 9.17) is 9.57 Å². The van der Waals surface area contributed by atoms with E-state index in [0.29, 0.717) is 11.3 Å². The van der Waals surface area contributed by atoms with Gasteiger partial charge in [0.15, 0.2) is 0 Å². The van der Waals surface area contributed by atoms with E-state index in [1.807, 2.05) is 0 Å². The molecular weight excluding hydrogens is 372 g/mol. The van der Waals surface area contributed by atoms with Crippen LogP contribution in [0.5, 0.6) is 5.75 Å². The summed E-state index contributed by atoms with van der Waals surface area (Å²) in [4.78, 5) is 9.48. The van der Waals surface area contributed by atoms with E-state index in [0.717, 1.165) is 31.3 Å². The highest BCUT2D eigenvalue weighted by Gasteiger charge is 2.69. The van der Waals surface area contributed by atoms with Crippen molar-refractivity contribution in [1.82, 2.24) is 5.06 Å². The summed E-state index contributed by atoms with van der Waals surface area (Å²) in [6, 6.07) is 19.5. The van der Waals surface area contributed by atoms with E-state index >= 15 is 0 Å². The van der Waals surface area contributed by atoms with E-state index in [2.05, 4.69) is 78.4 Å². The summed E-state index contributed by atoms with van der Waals surface area (Å²) in [5.74, 6) is 2.45. The molecule has 1 spiro atoms. The fourth-order valence-electron chi connectivity index (χ4n) is 7.11. The zero-order valence-corrected chi connectivity index (χ0v) is 18.3. The molecule has 2 aliphatic heterocycles. The molecule has 4 heteroatoms. The van der Waals surface area contributed by atoms with Gasteiger partial charge in [-0.25, -0.2) is 0 Å². The molecule has 3 saturated carbocycles. The normalized spacial score (nSPS) is 36.6. The molecule has 30 heavy (non-hydrogen) atoms. The van der Waals surface area contributed by atoms with Gasteiger partial charge in [0.25, 0.3) is 0 Å². The molecule has 5 fully saturated rings. The monoisotopic (exact) mass is 404 g/mol. The van der Waals surface area contributed by atoms with Crippen molar-refractivity contribution in [3.05, 3.63) is 60.2 Å². The first-order valence-electron chi connectivity index (χ1n) is 11.4. The number of rotatable bonds is 3. The van der Waals surface area contributed by atoms with Crippen LogP contribution in [0.3, 0.4) is 0 Å². The van der Waals surface area contributed by atoms with Gasteiger partial charge in [0.2, 0.25) is 0 Å². The van der Waals surface area contributed by atoms with Crippen LogP contribution in [0.2, 0.25) is 0 Å². The number of nitrogens with zero attached hydrogens (tertiary/aromatic N) is 2. The summed E-state index contributed by atoms with van der Waals surface area (Å²) in [7, 11) is 1.72. The number of anilines is 1. The lowest BCUT2D eigenvalue weighted by Gasteiger charge is -2.63. The molecule has 2 aromatic rings. The summed E-state index contributed by atoms with van der Waals surface area (Å²) in [5.41, 5.74) is 2.94. The fraction of sp³-hybridized carbons (Fsp3) is 0.538. The molecule has 7 rings (SSSR count). The number of benzene rings is 2. The fourth-order valence-corrected chi connectivity index (χ4v) is 7.11. The van der Waals surface area contributed by atoms with Crippen molar-refractivity contribution in [2.24, 2.45) is 17.3 Å². The molecular formula is C26H32N2O2. The zero-order valence-electron chi connectivity index (χ0n) is 18.3.